The predicted molar refractivity (Wildman–Crippen MR) is 138 cm³/mol. The van der Waals surface area contributed by atoms with Crippen LogP contribution in [-0.2, 0) is 57.2 Å². The number of carbonyl (C=O) groups is 7. The van der Waals surface area contributed by atoms with E-state index in [4.69, 9.17) is 33.2 Å². The van der Waals surface area contributed by atoms with Crippen molar-refractivity contribution in [1.29, 1.82) is 0 Å². The van der Waals surface area contributed by atoms with Gasteiger partial charge in [-0.05, 0) is 24.3 Å². The van der Waals surface area contributed by atoms with Crippen molar-refractivity contribution < 1.29 is 66.7 Å². The van der Waals surface area contributed by atoms with Crippen molar-refractivity contribution >= 4 is 42.0 Å². The van der Waals surface area contributed by atoms with Gasteiger partial charge in [-0.2, -0.15) is 0 Å². The number of amides is 1. The molecule has 0 saturated carbocycles. The molecule has 0 radical (unpaired) electrons. The first kappa shape index (κ1) is 33.7. The molecule has 0 spiro atoms. The Morgan fingerprint density at radius 1 is 0.952 bits per heavy atom. The minimum atomic E-state index is -2.40. The molecule has 230 valence electrons. The molecular weight excluding hydrogens is 562 g/mol. The fourth-order valence-corrected chi connectivity index (χ4v) is 4.31. The lowest BCUT2D eigenvalue weighted by molar-refractivity contribution is -0.289. The van der Waals surface area contributed by atoms with Crippen molar-refractivity contribution in [3.63, 3.8) is 0 Å². The van der Waals surface area contributed by atoms with Crippen LogP contribution in [0.4, 0.5) is 0 Å². The van der Waals surface area contributed by atoms with E-state index >= 15 is 0 Å². The first-order chi connectivity index (χ1) is 19.7. The van der Waals surface area contributed by atoms with E-state index in [0.717, 1.165) is 41.7 Å². The van der Waals surface area contributed by atoms with E-state index < -0.39 is 85.0 Å². The summed E-state index contributed by atoms with van der Waals surface area (Å²) in [4.78, 5) is 84.7. The van der Waals surface area contributed by atoms with Crippen LogP contribution in [-0.4, -0.2) is 92.0 Å². The molecule has 1 amide bonds. The molecule has 1 aromatic carbocycles. The van der Waals surface area contributed by atoms with Crippen LogP contribution in [0, 0.1) is 0 Å². The number of hydrogen-bond donors (Lipinski definition) is 1. The van der Waals surface area contributed by atoms with E-state index in [9.17, 15) is 33.6 Å². The maximum atomic E-state index is 13.3. The van der Waals surface area contributed by atoms with E-state index in [1.165, 1.54) is 24.3 Å². The maximum Gasteiger partial charge on any atom is 0.379 e. The number of hydrogen-bond acceptors (Lipinski definition) is 14. The zero-order valence-electron chi connectivity index (χ0n) is 23.9. The molecule has 42 heavy (non-hydrogen) atoms. The van der Waals surface area contributed by atoms with Gasteiger partial charge in [-0.3, -0.25) is 28.8 Å². The van der Waals surface area contributed by atoms with Gasteiger partial charge in [0.05, 0.1) is 19.6 Å². The van der Waals surface area contributed by atoms with Gasteiger partial charge < -0.3 is 38.5 Å². The Hall–Kier alpha value is -4.53. The number of carbonyl (C=O) groups excluding carboxylic acids is 7. The van der Waals surface area contributed by atoms with Crippen molar-refractivity contribution in [3.05, 3.63) is 29.8 Å². The van der Waals surface area contributed by atoms with Gasteiger partial charge in [0.1, 0.15) is 30.9 Å². The number of esters is 5. The summed E-state index contributed by atoms with van der Waals surface area (Å²) >= 11 is 0. The number of rotatable bonds is 12. The molecule has 0 aliphatic carbocycles. The second-order valence-corrected chi connectivity index (χ2v) is 9.22. The lowest BCUT2D eigenvalue weighted by Gasteiger charge is -2.48. The first-order valence-electron chi connectivity index (χ1n) is 12.6. The summed E-state index contributed by atoms with van der Waals surface area (Å²) in [6, 6.07) is 4.19. The molecule has 15 nitrogen and oxygen atoms in total. The second kappa shape index (κ2) is 14.9. The van der Waals surface area contributed by atoms with Crippen LogP contribution in [0.1, 0.15) is 51.4 Å². The molecule has 1 N–H and O–H groups in total. The van der Waals surface area contributed by atoms with E-state index in [1.807, 2.05) is 0 Å². The highest BCUT2D eigenvalue weighted by molar-refractivity contribution is 5.79. The topological polar surface area (TPSA) is 196 Å². The lowest BCUT2D eigenvalue weighted by atomic mass is 9.88. The fourth-order valence-electron chi connectivity index (χ4n) is 4.31. The van der Waals surface area contributed by atoms with E-state index in [2.05, 4.69) is 5.32 Å². The normalized spacial score (nSPS) is 22.8. The molecule has 0 bridgehead atoms. The van der Waals surface area contributed by atoms with Crippen LogP contribution in [0.15, 0.2) is 24.3 Å². The molecule has 2 rings (SSSR count). The minimum Gasteiger partial charge on any atom is -0.464 e. The third-order valence-electron chi connectivity index (χ3n) is 5.79. The number of aldehydes is 1. The van der Waals surface area contributed by atoms with E-state index in [1.54, 1.807) is 0 Å². The Bertz CT molecular complexity index is 1180. The number of ether oxygens (including phenoxy) is 7. The Labute approximate surface area is 241 Å². The molecular formula is C27H33NO14. The number of nitrogens with one attached hydrogen (secondary N) is 1. The third-order valence-corrected chi connectivity index (χ3v) is 5.79. The highest BCUT2D eigenvalue weighted by Gasteiger charge is 2.60. The highest BCUT2D eigenvalue weighted by atomic mass is 16.7. The Morgan fingerprint density at radius 3 is 2.05 bits per heavy atom. The Kier molecular flexibility index (Phi) is 12.0. The maximum absolute atomic E-state index is 13.3. The molecule has 15 heteroatoms. The lowest BCUT2D eigenvalue weighted by Crippen LogP contribution is -2.70. The minimum absolute atomic E-state index is 0.0183. The monoisotopic (exact) mass is 595 g/mol. The van der Waals surface area contributed by atoms with Gasteiger partial charge in [0.2, 0.25) is 5.91 Å². The summed E-state index contributed by atoms with van der Waals surface area (Å²) in [5.74, 6) is -7.48. The van der Waals surface area contributed by atoms with Crippen molar-refractivity contribution in [3.8, 4) is 5.75 Å². The largest absolute Gasteiger partial charge is 0.464 e. The zero-order valence-corrected chi connectivity index (χ0v) is 23.9. The molecule has 1 unspecified atom stereocenters. The molecule has 1 fully saturated rings. The SMILES string of the molecule is COC(=O)C1(Oc2ccc(C=O)cc2)C[C@H](OC(C)=O)[C@@H](NC(C)=O)[C@H]([C@H](OC(C)=O)[C@@H](COC(C)=O)OC(C)=O)O1. The van der Waals surface area contributed by atoms with Crippen LogP contribution in [0.5, 0.6) is 5.75 Å². The van der Waals surface area contributed by atoms with Gasteiger partial charge in [-0.25, -0.2) is 4.79 Å². The van der Waals surface area contributed by atoms with Gasteiger partial charge >= 0.3 is 35.6 Å². The molecule has 1 aromatic rings. The zero-order chi connectivity index (χ0) is 31.6. The summed E-state index contributed by atoms with van der Waals surface area (Å²) in [5, 5.41) is 2.56. The summed E-state index contributed by atoms with van der Waals surface area (Å²) in [6.45, 7) is 4.77. The number of methoxy groups -OCH3 is 1. The fraction of sp³-hybridized carbons (Fsp3) is 0.519. The van der Waals surface area contributed by atoms with Gasteiger partial charge in [0.25, 0.3) is 0 Å². The molecule has 1 heterocycles. The highest BCUT2D eigenvalue weighted by Crippen LogP contribution is 2.38. The van der Waals surface area contributed by atoms with Crippen LogP contribution in [0.3, 0.4) is 0 Å². The average molecular weight is 596 g/mol. The summed E-state index contributed by atoms with van der Waals surface area (Å²) in [7, 11) is 1.04. The summed E-state index contributed by atoms with van der Waals surface area (Å²) in [6.07, 6.45) is -6.18. The predicted octanol–water partition coefficient (Wildman–Crippen LogP) is 0.399. The molecule has 0 aromatic heterocycles. The second-order valence-electron chi connectivity index (χ2n) is 9.22. The van der Waals surface area contributed by atoms with Crippen molar-refractivity contribution in [2.24, 2.45) is 0 Å². The summed E-state index contributed by atoms with van der Waals surface area (Å²) < 4.78 is 38.3. The molecule has 1 aliphatic rings. The first-order valence-corrected chi connectivity index (χ1v) is 12.6. The quantitative estimate of drug-likeness (QED) is 0.198. The van der Waals surface area contributed by atoms with Crippen LogP contribution in [0.25, 0.3) is 0 Å². The average Bonchev–Trinajstić information content (AvgIpc) is 2.90. The van der Waals surface area contributed by atoms with Crippen molar-refractivity contribution in [1.82, 2.24) is 5.32 Å². The number of benzene rings is 1. The Morgan fingerprint density at radius 2 is 1.57 bits per heavy atom. The van der Waals surface area contributed by atoms with Gasteiger partial charge in [-0.15, -0.1) is 0 Å². The molecule has 6 atom stereocenters. The van der Waals surface area contributed by atoms with Crippen molar-refractivity contribution in [2.45, 2.75) is 77.3 Å². The molecule has 1 aliphatic heterocycles. The standard InChI is InChI=1S/C27H33NO14/c1-14(30)28-23-21(38-16(3)32)11-27(26(35)36-6,41-20-9-7-19(12-29)8-10-20)42-25(23)24(40-18(5)34)22(39-17(4)33)13-37-15(2)31/h7-10,12,21-25H,11,13H2,1-6H3,(H,28,30)/t21-,22+,23+,24+,25+,27?/m0/s1. The smallest absolute Gasteiger partial charge is 0.379 e. The third kappa shape index (κ3) is 9.26. The summed E-state index contributed by atoms with van der Waals surface area (Å²) in [5.41, 5.74) is 0.296. The van der Waals surface area contributed by atoms with Crippen LogP contribution < -0.4 is 10.1 Å². The Balaban J connectivity index is 2.78. The van der Waals surface area contributed by atoms with Crippen molar-refractivity contribution in [2.75, 3.05) is 13.7 Å². The van der Waals surface area contributed by atoms with Gasteiger partial charge in [0, 0.05) is 40.2 Å². The van der Waals surface area contributed by atoms with E-state index in [-0.39, 0.29) is 5.75 Å². The van der Waals surface area contributed by atoms with Crippen LogP contribution >= 0.6 is 0 Å². The van der Waals surface area contributed by atoms with E-state index in [0.29, 0.717) is 11.8 Å². The van der Waals surface area contributed by atoms with Gasteiger partial charge in [0.15, 0.2) is 12.2 Å². The molecule has 1 saturated heterocycles. The van der Waals surface area contributed by atoms with Crippen LogP contribution in [0.2, 0.25) is 0 Å². The van der Waals surface area contributed by atoms with Gasteiger partial charge in [-0.1, -0.05) is 0 Å².